The molecule has 4 aromatic heterocycles. The summed E-state index contributed by atoms with van der Waals surface area (Å²) in [6.45, 7) is 10.9. The van der Waals surface area contributed by atoms with E-state index in [1.165, 1.54) is 22.7 Å². The average molecular weight is 1220 g/mol. The first-order valence-corrected chi connectivity index (χ1v) is 31.9. The first-order chi connectivity index (χ1) is 43.3. The Hall–Kier alpha value is -8.16. The number of likely N-dealkylation sites (tertiary alicyclic amines) is 2. The van der Waals surface area contributed by atoms with Gasteiger partial charge in [0.15, 0.2) is 22.9 Å². The van der Waals surface area contributed by atoms with Crippen molar-refractivity contribution >= 4 is 69.7 Å². The number of alkyl halides is 2. The van der Waals surface area contributed by atoms with Gasteiger partial charge in [0.1, 0.15) is 23.2 Å². The van der Waals surface area contributed by atoms with Crippen molar-refractivity contribution in [2.24, 2.45) is 23.5 Å². The zero-order valence-corrected chi connectivity index (χ0v) is 50.2. The monoisotopic (exact) mass is 1220 g/mol. The Bertz CT molecular complexity index is 3550. The Kier molecular flexibility index (Phi) is 17.8. The summed E-state index contributed by atoms with van der Waals surface area (Å²) in [4.78, 5) is 90.2. The van der Waals surface area contributed by atoms with Gasteiger partial charge in [-0.15, -0.1) is 0 Å². The van der Waals surface area contributed by atoms with E-state index < -0.39 is 35.9 Å². The fraction of sp³-hybridized carbons (Fsp3) is 0.531. The SMILES string of the molecule is NC(=O)c1ncc(N2CCCCC2)nc1Nc1ccc(C2CCN(CC(CNc3cccc4c3C(=O)N(C3CCC(=O)NC3=O)C4)C3CCN(CC4CCC(n5cc(NC(=O)c6cnn7ccc(N8CCOCC8)nc67)c(C(F)F)n5)CC4)CC3)CC2)cc1. The van der Waals surface area contributed by atoms with Gasteiger partial charge in [-0.25, -0.2) is 28.2 Å². The second kappa shape index (κ2) is 26.5. The molecule has 6 N–H and O–H groups in total. The third-order valence-electron chi connectivity index (χ3n) is 19.7. The van der Waals surface area contributed by atoms with Gasteiger partial charge in [0.05, 0.1) is 42.9 Å². The number of amides is 5. The number of anilines is 6. The predicted octanol–water partition coefficient (Wildman–Crippen LogP) is 7.39. The molecule has 23 nitrogen and oxygen atoms in total. The van der Waals surface area contributed by atoms with Crippen molar-refractivity contribution in [3.8, 4) is 0 Å². The highest BCUT2D eigenvalue weighted by molar-refractivity contribution is 6.09. The van der Waals surface area contributed by atoms with Crippen molar-refractivity contribution in [3.05, 3.63) is 107 Å². The number of carbonyl (C=O) groups is 5. The van der Waals surface area contributed by atoms with E-state index in [-0.39, 0.29) is 47.1 Å². The quantitative estimate of drug-likeness (QED) is 0.0495. The van der Waals surface area contributed by atoms with Crippen LogP contribution in [0.1, 0.15) is 150 Å². The number of ether oxygens (including phenoxy) is 1. The number of morpholine rings is 1. The van der Waals surface area contributed by atoms with Crippen LogP contribution in [-0.2, 0) is 20.9 Å². The number of hydrogen-bond acceptors (Lipinski definition) is 17. The first-order valence-electron chi connectivity index (χ1n) is 31.9. The number of nitrogens with one attached hydrogen (secondary N) is 4. The molecule has 13 rings (SSSR count). The highest BCUT2D eigenvalue weighted by Crippen LogP contribution is 2.39. The number of benzene rings is 2. The molecule has 1 aliphatic carbocycles. The first kappa shape index (κ1) is 59.8. The number of halogens is 2. The predicted molar refractivity (Wildman–Crippen MR) is 331 cm³/mol. The third kappa shape index (κ3) is 13.3. The van der Waals surface area contributed by atoms with Gasteiger partial charge < -0.3 is 50.9 Å². The molecule has 1 saturated carbocycles. The topological polar surface area (TPSA) is 259 Å². The lowest BCUT2D eigenvalue weighted by Gasteiger charge is -2.41. The van der Waals surface area contributed by atoms with E-state index in [1.807, 2.05) is 36.4 Å². The Morgan fingerprint density at radius 2 is 1.54 bits per heavy atom. The van der Waals surface area contributed by atoms with E-state index in [2.05, 4.69) is 68.2 Å². The number of fused-ring (bicyclic) bond motifs is 2. The van der Waals surface area contributed by atoms with Crippen LogP contribution in [0.15, 0.2) is 73.3 Å². The maximum atomic E-state index is 14.6. The maximum absolute atomic E-state index is 14.6. The summed E-state index contributed by atoms with van der Waals surface area (Å²) in [5, 5.41) is 20.9. The molecule has 0 radical (unpaired) electrons. The third-order valence-corrected chi connectivity index (χ3v) is 19.7. The molecule has 2 atom stereocenters. The van der Waals surface area contributed by atoms with Crippen molar-refractivity contribution in [3.63, 3.8) is 0 Å². The lowest BCUT2D eigenvalue weighted by molar-refractivity contribution is -0.136. The maximum Gasteiger partial charge on any atom is 0.284 e. The van der Waals surface area contributed by atoms with E-state index in [9.17, 15) is 32.8 Å². The fourth-order valence-electron chi connectivity index (χ4n) is 14.7. The molecule has 7 aliphatic rings. The van der Waals surface area contributed by atoms with Gasteiger partial charge in [0.25, 0.3) is 24.1 Å². The van der Waals surface area contributed by atoms with Gasteiger partial charge in [-0.3, -0.25) is 34.0 Å². The number of primary amides is 1. The molecule has 470 valence electrons. The molecule has 2 unspecified atom stereocenters. The summed E-state index contributed by atoms with van der Waals surface area (Å²) in [6.07, 6.45) is 14.8. The van der Waals surface area contributed by atoms with Crippen molar-refractivity contribution in [1.82, 2.24) is 54.4 Å². The van der Waals surface area contributed by atoms with Gasteiger partial charge in [0.2, 0.25) is 11.8 Å². The summed E-state index contributed by atoms with van der Waals surface area (Å²) in [5.41, 5.74) is 10.2. The molecule has 5 saturated heterocycles. The van der Waals surface area contributed by atoms with Crippen LogP contribution in [0.3, 0.4) is 0 Å². The van der Waals surface area contributed by atoms with Crippen LogP contribution in [0, 0.1) is 17.8 Å². The molecule has 6 aliphatic heterocycles. The van der Waals surface area contributed by atoms with Gasteiger partial charge >= 0.3 is 0 Å². The Morgan fingerprint density at radius 3 is 2.28 bits per heavy atom. The highest BCUT2D eigenvalue weighted by Gasteiger charge is 2.41. The molecule has 5 amide bonds. The molecule has 0 spiro atoms. The smallest absolute Gasteiger partial charge is 0.284 e. The average Bonchev–Trinajstić information content (AvgIpc) is 2.05. The van der Waals surface area contributed by atoms with Crippen LogP contribution in [-0.4, -0.2) is 170 Å². The van der Waals surface area contributed by atoms with Crippen molar-refractivity contribution < 1.29 is 37.5 Å². The van der Waals surface area contributed by atoms with Crippen LogP contribution in [0.4, 0.5) is 43.3 Å². The van der Waals surface area contributed by atoms with E-state index in [4.69, 9.17) is 20.4 Å². The summed E-state index contributed by atoms with van der Waals surface area (Å²) < 4.78 is 37.8. The number of aromatic nitrogens is 7. The number of nitrogens with two attached hydrogens (primary N) is 1. The minimum absolute atomic E-state index is 0.0187. The van der Waals surface area contributed by atoms with Crippen molar-refractivity contribution in [2.75, 3.05) is 111 Å². The van der Waals surface area contributed by atoms with Crippen molar-refractivity contribution in [2.45, 2.75) is 114 Å². The standard InChI is InChI=1S/C64H79F2N17O6/c65-58(66)56-50(72-62(86)48-34-70-82-28-21-52(74-61(48)82)80-29-31-89-32-30-80)39-83(76-56)47-13-7-40(8-14-47)36-77-24-19-43(20-25-77)45(33-68-49-6-4-5-44-38-81(64(88)55(44)49)51-15-16-54(84)75-63(51)87)37-78-26-17-42(18-27-78)41-9-11-46(12-10-41)71-60-57(59(67)85)69-35-53(73-60)79-22-2-1-3-23-79/h4-6,9-12,21,28,34-35,39-40,42-43,45,47,51,58,68H,1-3,7-8,13-20,22-27,29-33,36-38H2,(H2,67,85)(H,71,73)(H,72,86)(H,75,84,87). The van der Waals surface area contributed by atoms with Crippen molar-refractivity contribution in [1.29, 1.82) is 0 Å². The van der Waals surface area contributed by atoms with E-state index in [0.29, 0.717) is 86.4 Å². The van der Waals surface area contributed by atoms with Gasteiger partial charge in [0, 0.05) is 82.5 Å². The molecule has 25 heteroatoms. The Balaban J connectivity index is 0.632. The minimum atomic E-state index is -2.89. The number of piperidine rings is 4. The summed E-state index contributed by atoms with van der Waals surface area (Å²) in [5.74, 6) is 1.16. The Labute approximate surface area is 515 Å². The molecule has 0 bridgehead atoms. The molecule has 10 heterocycles. The highest BCUT2D eigenvalue weighted by atomic mass is 19.3. The number of imide groups is 1. The number of rotatable bonds is 19. The second-order valence-corrected chi connectivity index (χ2v) is 25.2. The minimum Gasteiger partial charge on any atom is -0.384 e. The fourth-order valence-corrected chi connectivity index (χ4v) is 14.7. The van der Waals surface area contributed by atoms with Gasteiger partial charge in [-0.05, 0) is 162 Å². The normalized spacial score (nSPS) is 22.2. The molecular formula is C64H79F2N17O6. The summed E-state index contributed by atoms with van der Waals surface area (Å²) in [6, 6.07) is 15.3. The number of carbonyl (C=O) groups excluding carboxylic acids is 5. The van der Waals surface area contributed by atoms with E-state index in [1.54, 1.807) is 28.2 Å². The van der Waals surface area contributed by atoms with Crippen LogP contribution in [0.25, 0.3) is 5.65 Å². The Morgan fingerprint density at radius 1 is 0.787 bits per heavy atom. The lowest BCUT2D eigenvalue weighted by Crippen LogP contribution is -2.52. The zero-order valence-electron chi connectivity index (χ0n) is 50.2. The lowest BCUT2D eigenvalue weighted by atomic mass is 9.81. The van der Waals surface area contributed by atoms with Gasteiger partial charge in [-0.2, -0.15) is 10.2 Å². The van der Waals surface area contributed by atoms with E-state index >= 15 is 0 Å². The second-order valence-electron chi connectivity index (χ2n) is 25.2. The van der Waals surface area contributed by atoms with Gasteiger partial charge in [-0.1, -0.05) is 24.3 Å². The molecule has 6 fully saturated rings. The van der Waals surface area contributed by atoms with Crippen LogP contribution >= 0.6 is 0 Å². The van der Waals surface area contributed by atoms with Crippen LogP contribution < -0.4 is 36.8 Å². The molecule has 6 aromatic rings. The molecular weight excluding hydrogens is 1140 g/mol. The summed E-state index contributed by atoms with van der Waals surface area (Å²) >= 11 is 0. The zero-order chi connectivity index (χ0) is 61.1. The van der Waals surface area contributed by atoms with Crippen LogP contribution in [0.5, 0.6) is 0 Å². The molecule has 2 aromatic carbocycles. The molecule has 89 heavy (non-hydrogen) atoms. The largest absolute Gasteiger partial charge is 0.384 e. The number of nitrogens with zero attached hydrogens (tertiary/aromatic N) is 12. The number of hydrogen-bond donors (Lipinski definition) is 5. The summed E-state index contributed by atoms with van der Waals surface area (Å²) in [7, 11) is 0. The van der Waals surface area contributed by atoms with Crippen LogP contribution in [0.2, 0.25) is 0 Å². The van der Waals surface area contributed by atoms with E-state index in [0.717, 1.165) is 139 Å².